The first-order valence-corrected chi connectivity index (χ1v) is 6.60. The van der Waals surface area contributed by atoms with Gasteiger partial charge in [0.25, 0.3) is 0 Å². The molecule has 0 unspecified atom stereocenters. The fourth-order valence-electron chi connectivity index (χ4n) is 2.30. The van der Waals surface area contributed by atoms with Gasteiger partial charge in [-0.2, -0.15) is 0 Å². The van der Waals surface area contributed by atoms with Crippen molar-refractivity contribution in [3.63, 3.8) is 0 Å². The molecule has 0 N–H and O–H groups in total. The molecule has 1 aliphatic heterocycles. The average molecular weight is 230 g/mol. The lowest BCUT2D eigenvalue weighted by atomic mass is 9.86. The second kappa shape index (κ2) is 4.85. The quantitative estimate of drug-likeness (QED) is 0.728. The van der Waals surface area contributed by atoms with Crippen LogP contribution in [0.15, 0.2) is 0 Å². The van der Waals surface area contributed by atoms with Crippen LogP contribution < -0.4 is 0 Å². The maximum Gasteiger partial charge on any atom is 0.185 e. The van der Waals surface area contributed by atoms with E-state index in [-0.39, 0.29) is 10.9 Å². The van der Waals surface area contributed by atoms with Crippen LogP contribution in [0.4, 0.5) is 0 Å². The molecule has 1 saturated heterocycles. The summed E-state index contributed by atoms with van der Waals surface area (Å²) >= 11 is 1.45. The summed E-state index contributed by atoms with van der Waals surface area (Å²) in [5.74, 6) is 1.38. The van der Waals surface area contributed by atoms with Crippen molar-refractivity contribution in [3.05, 3.63) is 0 Å². The maximum atomic E-state index is 10.8. The Morgan fingerprint density at radius 1 is 1.33 bits per heavy atom. The minimum atomic E-state index is -0.253. The highest BCUT2D eigenvalue weighted by Gasteiger charge is 2.40. The normalized spacial score (nSPS) is 25.9. The van der Waals surface area contributed by atoms with E-state index in [9.17, 15) is 4.79 Å². The van der Waals surface area contributed by atoms with Crippen molar-refractivity contribution in [1.82, 2.24) is 0 Å². The highest BCUT2D eigenvalue weighted by molar-refractivity contribution is 8.13. The number of hydrogen-bond acceptors (Lipinski definition) is 4. The van der Waals surface area contributed by atoms with Crippen molar-refractivity contribution in [2.45, 2.75) is 38.4 Å². The number of thioether (sulfide) groups is 1. The zero-order valence-electron chi connectivity index (χ0n) is 9.16. The van der Waals surface area contributed by atoms with E-state index in [1.807, 2.05) is 0 Å². The Labute approximate surface area is 94.9 Å². The first-order chi connectivity index (χ1) is 7.20. The third-order valence-electron chi connectivity index (χ3n) is 3.20. The Kier molecular flexibility index (Phi) is 3.69. The van der Waals surface area contributed by atoms with Gasteiger partial charge in [0.15, 0.2) is 10.9 Å². The van der Waals surface area contributed by atoms with Gasteiger partial charge >= 0.3 is 0 Å². The van der Waals surface area contributed by atoms with Gasteiger partial charge < -0.3 is 9.47 Å². The summed E-state index contributed by atoms with van der Waals surface area (Å²) in [6, 6.07) is 0. The predicted molar refractivity (Wildman–Crippen MR) is 59.7 cm³/mol. The summed E-state index contributed by atoms with van der Waals surface area (Å²) in [7, 11) is 0. The molecule has 86 valence electrons. The number of carbonyl (C=O) groups excluding carboxylic acids is 1. The topological polar surface area (TPSA) is 35.5 Å². The Hall–Kier alpha value is -0.0600. The SMILES string of the molecule is CC(=O)SCC1CCC2(CC1)OCCO2. The molecule has 0 aromatic rings. The molecule has 0 radical (unpaired) electrons. The monoisotopic (exact) mass is 230 g/mol. The molecule has 4 heteroatoms. The van der Waals surface area contributed by atoms with Crippen molar-refractivity contribution in [2.24, 2.45) is 5.92 Å². The summed E-state index contributed by atoms with van der Waals surface area (Å²) < 4.78 is 11.3. The Balaban J connectivity index is 1.74. The van der Waals surface area contributed by atoms with Crippen molar-refractivity contribution < 1.29 is 14.3 Å². The lowest BCUT2D eigenvalue weighted by Crippen LogP contribution is -2.35. The van der Waals surface area contributed by atoms with Crippen LogP contribution in [0.25, 0.3) is 0 Å². The molecular weight excluding hydrogens is 212 g/mol. The van der Waals surface area contributed by atoms with Crippen molar-refractivity contribution >= 4 is 16.9 Å². The largest absolute Gasteiger partial charge is 0.348 e. The molecule has 15 heavy (non-hydrogen) atoms. The molecule has 0 atom stereocenters. The zero-order valence-corrected chi connectivity index (χ0v) is 9.98. The van der Waals surface area contributed by atoms with Gasteiger partial charge in [-0.05, 0) is 18.8 Å². The Morgan fingerprint density at radius 2 is 1.93 bits per heavy atom. The van der Waals surface area contributed by atoms with E-state index in [0.29, 0.717) is 5.92 Å². The van der Waals surface area contributed by atoms with E-state index in [0.717, 1.165) is 44.6 Å². The minimum Gasteiger partial charge on any atom is -0.348 e. The molecule has 3 nitrogen and oxygen atoms in total. The maximum absolute atomic E-state index is 10.8. The van der Waals surface area contributed by atoms with E-state index in [1.165, 1.54) is 11.8 Å². The van der Waals surface area contributed by atoms with Gasteiger partial charge in [-0.3, -0.25) is 4.79 Å². The van der Waals surface area contributed by atoms with Gasteiger partial charge in [-0.1, -0.05) is 11.8 Å². The van der Waals surface area contributed by atoms with E-state index in [2.05, 4.69) is 0 Å². The van der Waals surface area contributed by atoms with Gasteiger partial charge in [-0.25, -0.2) is 0 Å². The van der Waals surface area contributed by atoms with E-state index >= 15 is 0 Å². The minimum absolute atomic E-state index is 0.226. The molecule has 1 spiro atoms. The van der Waals surface area contributed by atoms with E-state index < -0.39 is 0 Å². The Morgan fingerprint density at radius 3 is 2.47 bits per heavy atom. The van der Waals surface area contributed by atoms with Crippen LogP contribution >= 0.6 is 11.8 Å². The van der Waals surface area contributed by atoms with Gasteiger partial charge in [-0.15, -0.1) is 0 Å². The molecule has 2 fully saturated rings. The van der Waals surface area contributed by atoms with Gasteiger partial charge in [0.1, 0.15) is 0 Å². The smallest absolute Gasteiger partial charge is 0.185 e. The number of hydrogen-bond donors (Lipinski definition) is 0. The number of rotatable bonds is 2. The molecule has 0 aromatic heterocycles. The fraction of sp³-hybridized carbons (Fsp3) is 0.909. The Bertz CT molecular complexity index is 226. The lowest BCUT2D eigenvalue weighted by Gasteiger charge is -2.35. The first-order valence-electron chi connectivity index (χ1n) is 5.61. The summed E-state index contributed by atoms with van der Waals surface area (Å²) in [4.78, 5) is 10.8. The fourth-order valence-corrected chi connectivity index (χ4v) is 3.11. The van der Waals surface area contributed by atoms with E-state index in [4.69, 9.17) is 9.47 Å². The third-order valence-corrected chi connectivity index (χ3v) is 4.25. The van der Waals surface area contributed by atoms with Crippen LogP contribution in [0, 0.1) is 5.92 Å². The molecule has 1 heterocycles. The average Bonchev–Trinajstić information content (AvgIpc) is 2.66. The highest BCUT2D eigenvalue weighted by Crippen LogP contribution is 2.39. The van der Waals surface area contributed by atoms with Crippen molar-refractivity contribution in [2.75, 3.05) is 19.0 Å². The standard InChI is InChI=1S/C11H18O3S/c1-9(12)15-8-10-2-4-11(5-3-10)13-6-7-14-11/h10H,2-8H2,1H3. The molecular formula is C11H18O3S. The third kappa shape index (κ3) is 2.95. The summed E-state index contributed by atoms with van der Waals surface area (Å²) in [6.07, 6.45) is 4.24. The van der Waals surface area contributed by atoms with Crippen LogP contribution in [0.3, 0.4) is 0 Å². The lowest BCUT2D eigenvalue weighted by molar-refractivity contribution is -0.181. The second-order valence-corrected chi connectivity index (χ2v) is 5.55. The van der Waals surface area contributed by atoms with Crippen LogP contribution in [-0.2, 0) is 14.3 Å². The van der Waals surface area contributed by atoms with Gasteiger partial charge in [0.05, 0.1) is 13.2 Å². The van der Waals surface area contributed by atoms with Crippen LogP contribution in [0.5, 0.6) is 0 Å². The van der Waals surface area contributed by atoms with Crippen LogP contribution in [0.1, 0.15) is 32.6 Å². The molecule has 2 aliphatic rings. The van der Waals surface area contributed by atoms with Crippen LogP contribution in [-0.4, -0.2) is 29.9 Å². The molecule has 0 amide bonds. The molecule has 2 rings (SSSR count). The van der Waals surface area contributed by atoms with Crippen molar-refractivity contribution in [3.8, 4) is 0 Å². The number of carbonyl (C=O) groups is 1. The first kappa shape index (κ1) is 11.4. The predicted octanol–water partition coefficient (Wildman–Crippen LogP) is 2.20. The molecule has 0 bridgehead atoms. The molecule has 0 aromatic carbocycles. The van der Waals surface area contributed by atoms with Gasteiger partial charge in [0, 0.05) is 25.5 Å². The van der Waals surface area contributed by atoms with Crippen molar-refractivity contribution in [1.29, 1.82) is 0 Å². The number of ether oxygens (including phenoxy) is 2. The van der Waals surface area contributed by atoms with Gasteiger partial charge in [0.2, 0.25) is 0 Å². The summed E-state index contributed by atoms with van der Waals surface area (Å²) in [5.41, 5.74) is 0. The zero-order chi connectivity index (χ0) is 10.7. The second-order valence-electron chi connectivity index (χ2n) is 4.35. The summed E-state index contributed by atoms with van der Waals surface area (Å²) in [6.45, 7) is 3.12. The van der Waals surface area contributed by atoms with Crippen LogP contribution in [0.2, 0.25) is 0 Å². The highest BCUT2D eigenvalue weighted by atomic mass is 32.2. The molecule has 1 saturated carbocycles. The summed E-state index contributed by atoms with van der Waals surface area (Å²) in [5, 5.41) is 0.226. The molecule has 1 aliphatic carbocycles. The van der Waals surface area contributed by atoms with E-state index in [1.54, 1.807) is 6.92 Å².